The van der Waals surface area contributed by atoms with Gasteiger partial charge in [0.25, 0.3) is 0 Å². The molecule has 1 aromatic rings. The second-order valence-electron chi connectivity index (χ2n) is 4.40. The Morgan fingerprint density at radius 2 is 1.75 bits per heavy atom. The van der Waals surface area contributed by atoms with Gasteiger partial charge in [-0.3, -0.25) is 0 Å². The van der Waals surface area contributed by atoms with Gasteiger partial charge in [0.15, 0.2) is 0 Å². The van der Waals surface area contributed by atoms with Crippen molar-refractivity contribution < 1.29 is 5.11 Å². The summed E-state index contributed by atoms with van der Waals surface area (Å²) in [6, 6.07) is 10.6. The minimum absolute atomic E-state index is 0.325. The number of aliphatic hydroxyl groups is 1. The average Bonchev–Trinajstić information content (AvgIpc) is 2.35. The number of benzene rings is 1. The molecule has 0 aliphatic heterocycles. The third-order valence-corrected chi connectivity index (χ3v) is 3.33. The molecule has 2 unspecified atom stereocenters. The van der Waals surface area contributed by atoms with Crippen LogP contribution in [0.4, 0.5) is 0 Å². The fourth-order valence-electron chi connectivity index (χ4n) is 1.86. The van der Waals surface area contributed by atoms with Crippen LogP contribution in [0.1, 0.15) is 44.1 Å². The zero-order chi connectivity index (χ0) is 11.8. The molecule has 0 radical (unpaired) electrons. The summed E-state index contributed by atoms with van der Waals surface area (Å²) in [5.41, 5.74) is 1.40. The first kappa shape index (κ1) is 13.5. The summed E-state index contributed by atoms with van der Waals surface area (Å²) in [5, 5.41) is 9.31. The molecule has 16 heavy (non-hydrogen) atoms. The SMILES string of the molecule is CC(CCCCC(O)CCl)c1ccccc1. The fraction of sp³-hybridized carbons (Fsp3) is 0.571. The molecule has 0 saturated heterocycles. The lowest BCUT2D eigenvalue weighted by molar-refractivity contribution is 0.183. The van der Waals surface area contributed by atoms with Gasteiger partial charge in [0, 0.05) is 5.88 Å². The summed E-state index contributed by atoms with van der Waals surface area (Å²) in [6.45, 7) is 2.26. The van der Waals surface area contributed by atoms with Gasteiger partial charge in [0.1, 0.15) is 0 Å². The Morgan fingerprint density at radius 3 is 2.38 bits per heavy atom. The van der Waals surface area contributed by atoms with Gasteiger partial charge in [0.05, 0.1) is 6.10 Å². The second kappa shape index (κ2) is 7.70. The van der Waals surface area contributed by atoms with Gasteiger partial charge >= 0.3 is 0 Å². The number of rotatable bonds is 7. The summed E-state index contributed by atoms with van der Waals surface area (Å²) in [6.07, 6.45) is 3.90. The summed E-state index contributed by atoms with van der Waals surface area (Å²) < 4.78 is 0. The van der Waals surface area contributed by atoms with Gasteiger partial charge in [0.2, 0.25) is 0 Å². The molecule has 2 atom stereocenters. The van der Waals surface area contributed by atoms with Crippen LogP contribution < -0.4 is 0 Å². The van der Waals surface area contributed by atoms with Crippen LogP contribution in [0.2, 0.25) is 0 Å². The maximum absolute atomic E-state index is 9.31. The van der Waals surface area contributed by atoms with E-state index in [1.807, 2.05) is 6.07 Å². The van der Waals surface area contributed by atoms with Gasteiger partial charge in [-0.15, -0.1) is 11.6 Å². The topological polar surface area (TPSA) is 20.2 Å². The third kappa shape index (κ3) is 5.00. The van der Waals surface area contributed by atoms with Crippen molar-refractivity contribution in [2.75, 3.05) is 5.88 Å². The Bertz CT molecular complexity index is 273. The molecule has 90 valence electrons. The van der Waals surface area contributed by atoms with Crippen molar-refractivity contribution in [3.05, 3.63) is 35.9 Å². The Balaban J connectivity index is 2.18. The first-order valence-corrected chi connectivity index (χ1v) is 6.56. The molecule has 0 aliphatic rings. The Labute approximate surface area is 103 Å². The van der Waals surface area contributed by atoms with Crippen molar-refractivity contribution in [1.29, 1.82) is 0 Å². The average molecular weight is 241 g/mol. The molecular weight excluding hydrogens is 220 g/mol. The van der Waals surface area contributed by atoms with E-state index in [9.17, 15) is 5.11 Å². The molecule has 1 rings (SSSR count). The standard InChI is InChI=1S/C14H21ClO/c1-12(13-8-3-2-4-9-13)7-5-6-10-14(16)11-15/h2-4,8-9,12,14,16H,5-7,10-11H2,1H3. The minimum atomic E-state index is -0.325. The Kier molecular flexibility index (Phi) is 6.51. The van der Waals surface area contributed by atoms with Crippen molar-refractivity contribution in [3.8, 4) is 0 Å². The molecule has 0 fully saturated rings. The maximum atomic E-state index is 9.31. The van der Waals surface area contributed by atoms with Crippen molar-refractivity contribution >= 4 is 11.6 Å². The van der Waals surface area contributed by atoms with E-state index in [4.69, 9.17) is 11.6 Å². The number of alkyl halides is 1. The summed E-state index contributed by atoms with van der Waals surface area (Å²) in [5.74, 6) is 0.961. The van der Waals surface area contributed by atoms with Crippen LogP contribution in [0.5, 0.6) is 0 Å². The van der Waals surface area contributed by atoms with E-state index >= 15 is 0 Å². The lowest BCUT2D eigenvalue weighted by Gasteiger charge is -2.12. The Hall–Kier alpha value is -0.530. The molecule has 0 aliphatic carbocycles. The lowest BCUT2D eigenvalue weighted by Crippen LogP contribution is -2.07. The molecule has 0 saturated carbocycles. The highest BCUT2D eigenvalue weighted by Gasteiger charge is 2.05. The summed E-state index contributed by atoms with van der Waals surface area (Å²) in [4.78, 5) is 0. The minimum Gasteiger partial charge on any atom is -0.392 e. The monoisotopic (exact) mass is 240 g/mol. The molecule has 0 heterocycles. The summed E-state index contributed by atoms with van der Waals surface area (Å²) >= 11 is 5.54. The zero-order valence-corrected chi connectivity index (χ0v) is 10.7. The van der Waals surface area contributed by atoms with Gasteiger partial charge in [-0.05, 0) is 24.3 Å². The van der Waals surface area contributed by atoms with Gasteiger partial charge in [-0.25, -0.2) is 0 Å². The number of unbranched alkanes of at least 4 members (excludes halogenated alkanes) is 1. The van der Waals surface area contributed by atoms with E-state index in [0.29, 0.717) is 11.8 Å². The van der Waals surface area contributed by atoms with Crippen molar-refractivity contribution in [3.63, 3.8) is 0 Å². The van der Waals surface area contributed by atoms with Crippen LogP contribution in [0, 0.1) is 0 Å². The van der Waals surface area contributed by atoms with Crippen LogP contribution in [-0.2, 0) is 0 Å². The van der Waals surface area contributed by atoms with Crippen LogP contribution in [0.25, 0.3) is 0 Å². The van der Waals surface area contributed by atoms with E-state index in [-0.39, 0.29) is 6.10 Å². The van der Waals surface area contributed by atoms with Crippen LogP contribution in [0.3, 0.4) is 0 Å². The molecule has 2 heteroatoms. The molecule has 0 bridgehead atoms. The molecule has 1 nitrogen and oxygen atoms in total. The highest BCUT2D eigenvalue weighted by molar-refractivity contribution is 6.18. The number of hydrogen-bond donors (Lipinski definition) is 1. The van der Waals surface area contributed by atoms with E-state index in [2.05, 4.69) is 31.2 Å². The summed E-state index contributed by atoms with van der Waals surface area (Å²) in [7, 11) is 0. The maximum Gasteiger partial charge on any atom is 0.0675 e. The van der Waals surface area contributed by atoms with Crippen molar-refractivity contribution in [1.82, 2.24) is 0 Å². The van der Waals surface area contributed by atoms with Crippen LogP contribution >= 0.6 is 11.6 Å². The van der Waals surface area contributed by atoms with Gasteiger partial charge in [-0.2, -0.15) is 0 Å². The van der Waals surface area contributed by atoms with E-state index < -0.39 is 0 Å². The van der Waals surface area contributed by atoms with E-state index in [1.165, 1.54) is 12.0 Å². The second-order valence-corrected chi connectivity index (χ2v) is 4.71. The molecule has 0 aromatic heterocycles. The van der Waals surface area contributed by atoms with Gasteiger partial charge in [-0.1, -0.05) is 50.1 Å². The van der Waals surface area contributed by atoms with Crippen LogP contribution in [-0.4, -0.2) is 17.1 Å². The quantitative estimate of drug-likeness (QED) is 0.565. The van der Waals surface area contributed by atoms with Crippen molar-refractivity contribution in [2.24, 2.45) is 0 Å². The highest BCUT2D eigenvalue weighted by Crippen LogP contribution is 2.21. The predicted octanol–water partition coefficient (Wildman–Crippen LogP) is 3.95. The zero-order valence-electron chi connectivity index (χ0n) is 9.90. The van der Waals surface area contributed by atoms with Gasteiger partial charge < -0.3 is 5.11 Å². The molecule has 0 amide bonds. The number of halogens is 1. The highest BCUT2D eigenvalue weighted by atomic mass is 35.5. The van der Waals surface area contributed by atoms with E-state index in [0.717, 1.165) is 19.3 Å². The smallest absolute Gasteiger partial charge is 0.0675 e. The molecular formula is C14H21ClO. The largest absolute Gasteiger partial charge is 0.392 e. The molecule has 0 spiro atoms. The fourth-order valence-corrected chi connectivity index (χ4v) is 2.01. The predicted molar refractivity (Wildman–Crippen MR) is 70.1 cm³/mol. The van der Waals surface area contributed by atoms with Crippen LogP contribution in [0.15, 0.2) is 30.3 Å². The Morgan fingerprint density at radius 1 is 1.12 bits per heavy atom. The molecule has 1 N–H and O–H groups in total. The first-order valence-electron chi connectivity index (χ1n) is 6.03. The number of hydrogen-bond acceptors (Lipinski definition) is 1. The molecule has 1 aromatic carbocycles. The number of aliphatic hydroxyl groups excluding tert-OH is 1. The van der Waals surface area contributed by atoms with E-state index in [1.54, 1.807) is 0 Å². The first-order chi connectivity index (χ1) is 7.74. The lowest BCUT2D eigenvalue weighted by atomic mass is 9.95. The third-order valence-electron chi connectivity index (χ3n) is 2.97. The van der Waals surface area contributed by atoms with Crippen molar-refractivity contribution in [2.45, 2.75) is 44.6 Å². The normalized spacial score (nSPS) is 14.7.